The maximum absolute atomic E-state index is 2.48. The molecule has 0 fully saturated rings. The normalized spacial score (nSPS) is 11.4. The van der Waals surface area contributed by atoms with Gasteiger partial charge in [-0.05, 0) is 152 Å². The predicted molar refractivity (Wildman–Crippen MR) is 354 cm³/mol. The Morgan fingerprint density at radius 2 is 0.427 bits per heavy atom. The van der Waals surface area contributed by atoms with Gasteiger partial charge in [-0.25, -0.2) is 0 Å². The number of fused-ring (bicyclic) bond motifs is 6. The Balaban J connectivity index is 1.03. The molecule has 0 spiro atoms. The van der Waals surface area contributed by atoms with Crippen LogP contribution in [0.15, 0.2) is 315 Å². The van der Waals surface area contributed by atoms with Crippen molar-refractivity contribution in [3.05, 3.63) is 315 Å². The average molecular weight is 1080 g/mol. The van der Waals surface area contributed by atoms with Gasteiger partial charge in [0.15, 0.2) is 0 Å². The lowest BCUT2D eigenvalue weighted by atomic mass is 9.91. The van der Waals surface area contributed by atoms with Gasteiger partial charge in [-0.2, -0.15) is 0 Å². The number of hydrogen-bond donors (Lipinski definition) is 0. The number of anilines is 6. The molecule has 0 bridgehead atoms. The highest BCUT2D eigenvalue weighted by molar-refractivity contribution is 7.26. The molecule has 386 valence electrons. The average Bonchev–Trinajstić information content (AvgIpc) is 3.64. The van der Waals surface area contributed by atoms with Crippen molar-refractivity contribution >= 4 is 97.1 Å². The van der Waals surface area contributed by atoms with Crippen LogP contribution in [0.1, 0.15) is 0 Å². The van der Waals surface area contributed by atoms with Crippen molar-refractivity contribution in [3.8, 4) is 66.8 Å². The summed E-state index contributed by atoms with van der Waals surface area (Å²) in [6.45, 7) is 0. The van der Waals surface area contributed by atoms with Crippen LogP contribution in [0.3, 0.4) is 0 Å². The van der Waals surface area contributed by atoms with E-state index in [9.17, 15) is 0 Å². The molecule has 2 heterocycles. The number of thiophene rings is 2. The zero-order valence-electron chi connectivity index (χ0n) is 44.7. The van der Waals surface area contributed by atoms with Crippen molar-refractivity contribution in [3.63, 3.8) is 0 Å². The Labute approximate surface area is 486 Å². The molecule has 0 atom stereocenters. The fraction of sp³-hybridized carbons (Fsp3) is 0. The second-order valence-electron chi connectivity index (χ2n) is 20.8. The van der Waals surface area contributed by atoms with Crippen molar-refractivity contribution in [2.24, 2.45) is 0 Å². The Hall–Kier alpha value is -10.1. The van der Waals surface area contributed by atoms with Gasteiger partial charge >= 0.3 is 0 Å². The molecule has 0 amide bonds. The van der Waals surface area contributed by atoms with Crippen LogP contribution in [-0.2, 0) is 0 Å². The van der Waals surface area contributed by atoms with E-state index in [4.69, 9.17) is 0 Å². The van der Waals surface area contributed by atoms with E-state index in [-0.39, 0.29) is 0 Å². The minimum Gasteiger partial charge on any atom is -0.308 e. The van der Waals surface area contributed by atoms with E-state index in [0.29, 0.717) is 0 Å². The molecular formula is C78H52N2S2. The zero-order valence-corrected chi connectivity index (χ0v) is 46.4. The van der Waals surface area contributed by atoms with Gasteiger partial charge < -0.3 is 9.80 Å². The highest BCUT2D eigenvalue weighted by atomic mass is 32.1. The molecule has 15 rings (SSSR count). The maximum atomic E-state index is 2.48. The number of benzene rings is 13. The summed E-state index contributed by atoms with van der Waals surface area (Å²) < 4.78 is 5.10. The van der Waals surface area contributed by atoms with E-state index >= 15 is 0 Å². The molecule has 0 saturated carbocycles. The van der Waals surface area contributed by atoms with Gasteiger partial charge in [0, 0.05) is 63.1 Å². The standard InChI is InChI=1S/C78H52N2S2/c1-5-17-53(18-6-1)57-29-39-63(40-30-57)79(64-41-31-58(32-42-64)54-19-7-2-8-20-54)73-51-71(61-37-47-69-67-25-13-15-27-75(67)81-77(69)49-61)72(62-38-48-70-68-26-14-16-28-76(68)82-78(70)50-62)52-74(73)80(65-43-33-59(34-44-65)55-21-9-3-10-22-55)66-45-35-60(36-46-66)56-23-11-4-12-24-56/h1-52H. The second-order valence-corrected chi connectivity index (χ2v) is 23.0. The van der Waals surface area contributed by atoms with Gasteiger partial charge in [-0.1, -0.05) is 231 Å². The first-order valence-corrected chi connectivity index (χ1v) is 29.5. The Kier molecular flexibility index (Phi) is 12.6. The SMILES string of the molecule is c1ccc(-c2ccc(N(c3ccc(-c4ccccc4)cc3)c3cc(-c4ccc5c(c4)sc4ccccc45)c(-c4ccc5c(c4)sc4ccccc45)cc3N(c3ccc(-c4ccccc4)cc3)c3ccc(-c4ccccc4)cc3)cc2)cc1. The molecule has 0 saturated heterocycles. The van der Waals surface area contributed by atoms with E-state index in [1.807, 2.05) is 22.7 Å². The largest absolute Gasteiger partial charge is 0.308 e. The van der Waals surface area contributed by atoms with Crippen molar-refractivity contribution in [2.45, 2.75) is 0 Å². The molecule has 0 radical (unpaired) electrons. The van der Waals surface area contributed by atoms with Crippen LogP contribution in [-0.4, -0.2) is 0 Å². The monoisotopic (exact) mass is 1080 g/mol. The van der Waals surface area contributed by atoms with Crippen LogP contribution >= 0.6 is 22.7 Å². The van der Waals surface area contributed by atoms with E-state index in [1.54, 1.807) is 0 Å². The van der Waals surface area contributed by atoms with Gasteiger partial charge in [0.05, 0.1) is 11.4 Å². The Morgan fingerprint density at radius 3 is 0.732 bits per heavy atom. The molecule has 15 aromatic rings. The first-order valence-electron chi connectivity index (χ1n) is 27.9. The summed E-state index contributed by atoms with van der Waals surface area (Å²) >= 11 is 3.73. The molecule has 13 aromatic carbocycles. The van der Waals surface area contributed by atoms with Gasteiger partial charge in [0.1, 0.15) is 0 Å². The van der Waals surface area contributed by atoms with Crippen LogP contribution in [0.2, 0.25) is 0 Å². The summed E-state index contributed by atoms with van der Waals surface area (Å²) in [6.07, 6.45) is 0. The molecule has 2 aromatic heterocycles. The highest BCUT2D eigenvalue weighted by Gasteiger charge is 2.27. The van der Waals surface area contributed by atoms with Crippen LogP contribution in [0.25, 0.3) is 107 Å². The molecule has 0 aliphatic carbocycles. The van der Waals surface area contributed by atoms with E-state index in [2.05, 4.69) is 325 Å². The Bertz CT molecular complexity index is 4270. The van der Waals surface area contributed by atoms with Crippen molar-refractivity contribution < 1.29 is 0 Å². The van der Waals surface area contributed by atoms with Gasteiger partial charge in [0.25, 0.3) is 0 Å². The van der Waals surface area contributed by atoms with Crippen LogP contribution in [0.4, 0.5) is 34.1 Å². The van der Waals surface area contributed by atoms with Crippen molar-refractivity contribution in [1.82, 2.24) is 0 Å². The van der Waals surface area contributed by atoms with Gasteiger partial charge in [-0.15, -0.1) is 22.7 Å². The number of nitrogens with zero attached hydrogens (tertiary/aromatic N) is 2. The minimum atomic E-state index is 1.03. The predicted octanol–water partition coefficient (Wildman–Crippen LogP) is 23.4. The fourth-order valence-corrected chi connectivity index (χ4v) is 14.1. The second kappa shape index (κ2) is 21.2. The van der Waals surface area contributed by atoms with E-state index < -0.39 is 0 Å². The molecule has 0 aliphatic rings. The maximum Gasteiger partial charge on any atom is 0.0709 e. The quantitative estimate of drug-likeness (QED) is 0.120. The fourth-order valence-electron chi connectivity index (χ4n) is 11.8. The Morgan fingerprint density at radius 1 is 0.183 bits per heavy atom. The third kappa shape index (κ3) is 9.20. The summed E-state index contributed by atoms with van der Waals surface area (Å²) in [6, 6.07) is 116. The molecule has 4 heteroatoms. The number of rotatable bonds is 12. The number of hydrogen-bond acceptors (Lipinski definition) is 4. The lowest BCUT2D eigenvalue weighted by Crippen LogP contribution is -2.17. The summed E-state index contributed by atoms with van der Waals surface area (Å²) in [5.74, 6) is 0. The van der Waals surface area contributed by atoms with E-state index in [0.717, 1.165) is 78.6 Å². The third-order valence-electron chi connectivity index (χ3n) is 15.9. The lowest BCUT2D eigenvalue weighted by Gasteiger charge is -2.35. The molecule has 0 N–H and O–H groups in total. The summed E-state index contributed by atoms with van der Waals surface area (Å²) in [5, 5.41) is 5.13. The minimum absolute atomic E-state index is 1.03. The van der Waals surface area contributed by atoms with Crippen molar-refractivity contribution in [1.29, 1.82) is 0 Å². The van der Waals surface area contributed by atoms with Crippen molar-refractivity contribution in [2.75, 3.05) is 9.80 Å². The smallest absolute Gasteiger partial charge is 0.0709 e. The summed E-state index contributed by atoms with van der Waals surface area (Å²) in [5.41, 5.74) is 20.2. The highest BCUT2D eigenvalue weighted by Crippen LogP contribution is 2.52. The zero-order chi connectivity index (χ0) is 54.3. The third-order valence-corrected chi connectivity index (χ3v) is 18.2. The van der Waals surface area contributed by atoms with Gasteiger partial charge in [0.2, 0.25) is 0 Å². The summed E-state index contributed by atoms with van der Waals surface area (Å²) in [4.78, 5) is 4.95. The first-order chi connectivity index (χ1) is 40.6. The molecule has 0 unspecified atom stereocenters. The lowest BCUT2D eigenvalue weighted by molar-refractivity contribution is 1.23. The van der Waals surface area contributed by atoms with Crippen LogP contribution in [0.5, 0.6) is 0 Å². The first kappa shape index (κ1) is 49.0. The molecular weight excluding hydrogens is 1030 g/mol. The molecule has 2 nitrogen and oxygen atoms in total. The van der Waals surface area contributed by atoms with E-state index in [1.165, 1.54) is 62.6 Å². The van der Waals surface area contributed by atoms with Crippen LogP contribution in [0, 0.1) is 0 Å². The molecule has 82 heavy (non-hydrogen) atoms. The van der Waals surface area contributed by atoms with Crippen LogP contribution < -0.4 is 9.80 Å². The summed E-state index contributed by atoms with van der Waals surface area (Å²) in [7, 11) is 0. The topological polar surface area (TPSA) is 6.48 Å². The molecule has 0 aliphatic heterocycles. The van der Waals surface area contributed by atoms with Gasteiger partial charge in [-0.3, -0.25) is 0 Å².